The highest BCUT2D eigenvalue weighted by Crippen LogP contribution is 2.34. The van der Waals surface area contributed by atoms with E-state index in [1.165, 1.54) is 6.92 Å². The van der Waals surface area contributed by atoms with Gasteiger partial charge in [0, 0.05) is 5.71 Å². The first-order chi connectivity index (χ1) is 10.1. The average Bonchev–Trinajstić information content (AvgIpc) is 2.93. The molecule has 0 radical (unpaired) electrons. The number of Topliss-reactive ketones (excluding diaryl/α,β-unsaturated/α-hetero) is 1. The highest BCUT2D eigenvalue weighted by Gasteiger charge is 2.37. The van der Waals surface area contributed by atoms with Gasteiger partial charge >= 0.3 is 0 Å². The van der Waals surface area contributed by atoms with Crippen LogP contribution in [0.2, 0.25) is 0 Å². The molecule has 104 valence electrons. The molecule has 3 rings (SSSR count). The number of aliphatic imine (C=N–C) groups is 1. The molecule has 0 N–H and O–H groups in total. The predicted molar refractivity (Wildman–Crippen MR) is 74.1 cm³/mol. The van der Waals surface area contributed by atoms with E-state index in [9.17, 15) is 4.79 Å². The Balaban J connectivity index is 2.14. The number of fused-ring (bicyclic) bond motifs is 1. The van der Waals surface area contributed by atoms with Gasteiger partial charge in [0.2, 0.25) is 0 Å². The fraction of sp³-hybridized carbons (Fsp3) is 0.286. The van der Waals surface area contributed by atoms with Gasteiger partial charge in [0.15, 0.2) is 0 Å². The number of rotatable bonds is 2. The molecule has 1 aromatic carbocycles. The fourth-order valence-corrected chi connectivity index (χ4v) is 2.64. The second-order valence-corrected chi connectivity index (χ2v) is 4.94. The van der Waals surface area contributed by atoms with Crippen molar-refractivity contribution in [1.29, 1.82) is 5.26 Å². The molecule has 1 aliphatic rings. The molecule has 0 aliphatic carbocycles. The molecule has 2 aromatic rings. The van der Waals surface area contributed by atoms with Gasteiger partial charge in [-0.15, -0.1) is 0 Å². The van der Waals surface area contributed by atoms with Crippen molar-refractivity contribution >= 4 is 17.4 Å². The van der Waals surface area contributed by atoms with E-state index in [1.807, 2.05) is 12.1 Å². The van der Waals surface area contributed by atoms with Gasteiger partial charge in [0.05, 0.1) is 23.6 Å². The highest BCUT2D eigenvalue weighted by atomic mass is 16.1. The molecule has 1 aliphatic heterocycles. The van der Waals surface area contributed by atoms with Gasteiger partial charge in [0.25, 0.3) is 5.95 Å². The predicted octanol–water partition coefficient (Wildman–Crippen LogP) is 1.45. The Morgan fingerprint density at radius 1 is 1.33 bits per heavy atom. The molecule has 7 heteroatoms. The van der Waals surface area contributed by atoms with Crippen molar-refractivity contribution < 1.29 is 4.79 Å². The summed E-state index contributed by atoms with van der Waals surface area (Å²) in [4.78, 5) is 16.3. The van der Waals surface area contributed by atoms with Gasteiger partial charge < -0.3 is 0 Å². The van der Waals surface area contributed by atoms with Crippen molar-refractivity contribution in [2.24, 2.45) is 10.9 Å². The van der Waals surface area contributed by atoms with E-state index in [1.54, 1.807) is 23.7 Å². The zero-order valence-corrected chi connectivity index (χ0v) is 11.6. The maximum atomic E-state index is 12.0. The number of hydrogen-bond donors (Lipinski definition) is 0. The number of tetrazole rings is 1. The van der Waals surface area contributed by atoms with Gasteiger partial charge in [-0.1, -0.05) is 17.2 Å². The van der Waals surface area contributed by atoms with Gasteiger partial charge in [-0.05, 0) is 42.0 Å². The standard InChI is InChI=1S/C14H12N6O/c1-8-12(9(2)21)13(20-14(16-8)17-18-19-20)11-5-3-10(7-15)4-6-11/h3-6,12-13H,1-2H3. The molecular weight excluding hydrogens is 268 g/mol. The van der Waals surface area contributed by atoms with Crippen molar-refractivity contribution in [3.8, 4) is 6.07 Å². The number of carbonyl (C=O) groups excluding carboxylic acids is 1. The smallest absolute Gasteiger partial charge is 0.269 e. The molecule has 2 unspecified atom stereocenters. The van der Waals surface area contributed by atoms with E-state index in [-0.39, 0.29) is 11.8 Å². The third kappa shape index (κ3) is 2.10. The van der Waals surface area contributed by atoms with Crippen molar-refractivity contribution in [3.05, 3.63) is 35.4 Å². The fourth-order valence-electron chi connectivity index (χ4n) is 2.64. The summed E-state index contributed by atoms with van der Waals surface area (Å²) in [5.74, 6) is -0.0138. The maximum absolute atomic E-state index is 12.0. The van der Waals surface area contributed by atoms with E-state index in [2.05, 4.69) is 26.6 Å². The van der Waals surface area contributed by atoms with E-state index < -0.39 is 5.92 Å². The molecule has 0 saturated heterocycles. The molecule has 0 spiro atoms. The van der Waals surface area contributed by atoms with E-state index in [4.69, 9.17) is 5.26 Å². The van der Waals surface area contributed by atoms with Gasteiger partial charge in [-0.3, -0.25) is 4.79 Å². The molecule has 0 bridgehead atoms. The van der Waals surface area contributed by atoms with Gasteiger partial charge in [-0.25, -0.2) is 9.67 Å². The SMILES string of the molecule is CC(=O)C1C(C)=Nc2nnnn2C1c1ccc(C#N)cc1. The van der Waals surface area contributed by atoms with Gasteiger partial charge in [-0.2, -0.15) is 5.26 Å². The molecule has 7 nitrogen and oxygen atoms in total. The first-order valence-electron chi connectivity index (χ1n) is 6.45. The summed E-state index contributed by atoms with van der Waals surface area (Å²) in [7, 11) is 0. The number of nitriles is 1. The minimum absolute atomic E-state index is 0.00626. The molecule has 1 aromatic heterocycles. The lowest BCUT2D eigenvalue weighted by atomic mass is 9.85. The van der Waals surface area contributed by atoms with Crippen molar-refractivity contribution in [2.75, 3.05) is 0 Å². The molecule has 21 heavy (non-hydrogen) atoms. The molecule has 2 atom stereocenters. The minimum Gasteiger partial charge on any atom is -0.299 e. The van der Waals surface area contributed by atoms with Crippen LogP contribution in [-0.2, 0) is 4.79 Å². The Labute approximate surface area is 120 Å². The lowest BCUT2D eigenvalue weighted by Gasteiger charge is -2.28. The quantitative estimate of drug-likeness (QED) is 0.829. The summed E-state index contributed by atoms with van der Waals surface area (Å²) < 4.78 is 1.56. The summed E-state index contributed by atoms with van der Waals surface area (Å²) in [5.41, 5.74) is 2.13. The number of nitrogens with zero attached hydrogens (tertiary/aromatic N) is 6. The Morgan fingerprint density at radius 3 is 2.67 bits per heavy atom. The second-order valence-electron chi connectivity index (χ2n) is 4.94. The largest absolute Gasteiger partial charge is 0.299 e. The topological polar surface area (TPSA) is 96.8 Å². The number of carbonyl (C=O) groups is 1. The summed E-state index contributed by atoms with van der Waals surface area (Å²) in [6.45, 7) is 3.34. The maximum Gasteiger partial charge on any atom is 0.269 e. The molecular formula is C14H12N6O. The van der Waals surface area contributed by atoms with Crippen LogP contribution < -0.4 is 0 Å². The third-order valence-corrected chi connectivity index (χ3v) is 3.60. The Hall–Kier alpha value is -2.88. The van der Waals surface area contributed by atoms with Crippen LogP contribution in [-0.4, -0.2) is 31.7 Å². The summed E-state index contributed by atoms with van der Waals surface area (Å²) >= 11 is 0. The second kappa shape index (κ2) is 4.90. The van der Waals surface area contributed by atoms with E-state index in [0.717, 1.165) is 5.56 Å². The highest BCUT2D eigenvalue weighted by molar-refractivity contribution is 6.05. The lowest BCUT2D eigenvalue weighted by Crippen LogP contribution is -2.34. The van der Waals surface area contributed by atoms with E-state index in [0.29, 0.717) is 17.2 Å². The Kier molecular flexibility index (Phi) is 3.06. The monoisotopic (exact) mass is 280 g/mol. The molecule has 0 saturated carbocycles. The average molecular weight is 280 g/mol. The van der Waals surface area contributed by atoms with Crippen molar-refractivity contribution in [2.45, 2.75) is 19.9 Å². The first-order valence-corrected chi connectivity index (χ1v) is 6.45. The van der Waals surface area contributed by atoms with Crippen LogP contribution in [0.25, 0.3) is 0 Å². The van der Waals surface area contributed by atoms with Crippen molar-refractivity contribution in [3.63, 3.8) is 0 Å². The zero-order valence-electron chi connectivity index (χ0n) is 11.6. The first kappa shape index (κ1) is 13.1. The van der Waals surface area contributed by atoms with Crippen LogP contribution in [0.1, 0.15) is 31.0 Å². The summed E-state index contributed by atoms with van der Waals surface area (Å²) in [5, 5.41) is 20.3. The molecule has 0 fully saturated rings. The molecule has 2 heterocycles. The Morgan fingerprint density at radius 2 is 2.05 bits per heavy atom. The minimum atomic E-state index is -0.408. The number of benzene rings is 1. The lowest BCUT2D eigenvalue weighted by molar-refractivity contribution is -0.119. The van der Waals surface area contributed by atoms with Crippen LogP contribution in [0.5, 0.6) is 0 Å². The van der Waals surface area contributed by atoms with Crippen LogP contribution in [0.4, 0.5) is 5.95 Å². The van der Waals surface area contributed by atoms with Crippen LogP contribution in [0.15, 0.2) is 29.3 Å². The third-order valence-electron chi connectivity index (χ3n) is 3.60. The number of hydrogen-bond acceptors (Lipinski definition) is 6. The normalized spacial score (nSPS) is 20.3. The van der Waals surface area contributed by atoms with Crippen LogP contribution in [0.3, 0.4) is 0 Å². The zero-order chi connectivity index (χ0) is 15.0. The van der Waals surface area contributed by atoms with E-state index >= 15 is 0 Å². The van der Waals surface area contributed by atoms with Crippen LogP contribution >= 0.6 is 0 Å². The van der Waals surface area contributed by atoms with Crippen LogP contribution in [0, 0.1) is 17.2 Å². The number of aromatic nitrogens is 4. The Bertz CT molecular complexity index is 768. The summed E-state index contributed by atoms with van der Waals surface area (Å²) in [6, 6.07) is 8.83. The van der Waals surface area contributed by atoms with Gasteiger partial charge in [0.1, 0.15) is 5.78 Å². The molecule has 0 amide bonds. The number of ketones is 1. The summed E-state index contributed by atoms with van der Waals surface area (Å²) in [6.07, 6.45) is 0. The van der Waals surface area contributed by atoms with Crippen molar-refractivity contribution in [1.82, 2.24) is 20.2 Å².